The Labute approximate surface area is 630 Å². The molecule has 2 amide bonds. The van der Waals surface area contributed by atoms with Crippen molar-refractivity contribution >= 4 is 29.2 Å². The Balaban J connectivity index is 0.000000450. The number of pyridine rings is 1. The van der Waals surface area contributed by atoms with Crippen LogP contribution in [0.4, 0.5) is 11.4 Å². The van der Waals surface area contributed by atoms with Crippen LogP contribution < -0.4 is 15.5 Å². The number of unbranched alkanes of at least 4 members (excludes halogenated alkanes) is 2. The minimum atomic E-state index is -0.904. The summed E-state index contributed by atoms with van der Waals surface area (Å²) < 4.78 is 88.0. The largest absolute Gasteiger partial charge is 0.478 e. The first kappa shape index (κ1) is 90.2. The molecule has 106 heavy (non-hydrogen) atoms. The maximum Gasteiger partial charge on any atom is 0.335 e. The summed E-state index contributed by atoms with van der Waals surface area (Å²) in [6.45, 7) is 28.5. The summed E-state index contributed by atoms with van der Waals surface area (Å²) in [5, 5.41) is 15.4. The number of carbonyl (C=O) groups excluding carboxylic acids is 2. The minimum Gasteiger partial charge on any atom is -0.478 e. The molecule has 4 aromatic carbocycles. The quantitative estimate of drug-likeness (QED) is 0.0306. The summed E-state index contributed by atoms with van der Waals surface area (Å²) in [5.41, 5.74) is 8.90. The molecule has 0 aliphatic heterocycles. The number of anilines is 2. The topological polar surface area (TPSA) is 259 Å². The number of fused-ring (bicyclic) bond motifs is 1. The lowest BCUT2D eigenvalue weighted by atomic mass is 9.87. The average Bonchev–Trinajstić information content (AvgIpc) is 0.811. The molecule has 24 heteroatoms. The fourth-order valence-corrected chi connectivity index (χ4v) is 11.1. The van der Waals surface area contributed by atoms with Crippen molar-refractivity contribution < 1.29 is 95.3 Å². The van der Waals surface area contributed by atoms with E-state index < -0.39 is 5.97 Å². The van der Waals surface area contributed by atoms with Crippen molar-refractivity contribution in [3.63, 3.8) is 0 Å². The van der Waals surface area contributed by atoms with Crippen LogP contribution in [0.1, 0.15) is 138 Å². The Morgan fingerprint density at radius 3 is 1.25 bits per heavy atom. The number of rotatable bonds is 65. The number of aryl methyl sites for hydroxylation is 3. The summed E-state index contributed by atoms with van der Waals surface area (Å²) in [6, 6.07) is 32.5. The molecule has 0 bridgehead atoms. The van der Waals surface area contributed by atoms with Gasteiger partial charge in [0.15, 0.2) is 0 Å². The van der Waals surface area contributed by atoms with E-state index in [0.717, 1.165) is 106 Å². The first-order chi connectivity index (χ1) is 52.2. The second kappa shape index (κ2) is 61.5. The predicted octanol–water partition coefficient (Wildman–Crippen LogP) is 11.8. The Hall–Kier alpha value is -6.40. The van der Waals surface area contributed by atoms with Crippen LogP contribution >= 0.6 is 0 Å². The van der Waals surface area contributed by atoms with Crippen molar-refractivity contribution in [3.8, 4) is 11.3 Å². The summed E-state index contributed by atoms with van der Waals surface area (Å²) in [7, 11) is 0. The van der Waals surface area contributed by atoms with Gasteiger partial charge in [-0.1, -0.05) is 48.5 Å². The van der Waals surface area contributed by atoms with E-state index in [0.29, 0.717) is 239 Å². The zero-order valence-electron chi connectivity index (χ0n) is 63.9. The average molecular weight is 1490 g/mol. The van der Waals surface area contributed by atoms with Crippen molar-refractivity contribution in [2.75, 3.05) is 235 Å². The smallest absolute Gasteiger partial charge is 0.335 e. The molecule has 592 valence electrons. The molecule has 0 saturated heterocycles. The van der Waals surface area contributed by atoms with Gasteiger partial charge in [0, 0.05) is 94.5 Å². The van der Waals surface area contributed by atoms with E-state index in [1.807, 2.05) is 74.5 Å². The second-order valence-corrected chi connectivity index (χ2v) is 24.7. The van der Waals surface area contributed by atoms with E-state index >= 15 is 0 Å². The number of carboxylic acids is 1. The zero-order chi connectivity index (χ0) is 75.2. The number of carbonyl (C=O) groups is 3. The SMILES string of the molecule is CCOCCOCCOCCOCCCCOCCOCCOCCOCCCc1cccc(C(=O)Nc2ccc(N(CC)CC)cc2-c2cc(C(=O)NC3CCCc4ccccc43)ccn2)c1.CCOCCOCCOCCOCCCCOCCOCCOCCOCCCc1cccc(C(=O)O)c1. The lowest BCUT2D eigenvalue weighted by Gasteiger charge is -2.26. The van der Waals surface area contributed by atoms with Crippen LogP contribution in [0.15, 0.2) is 109 Å². The number of hydrogen-bond donors (Lipinski definition) is 3. The number of nitrogens with one attached hydrogen (secondary N) is 2. The zero-order valence-corrected chi connectivity index (χ0v) is 63.9. The molecule has 1 atom stereocenters. The fourth-order valence-electron chi connectivity index (χ4n) is 11.1. The van der Waals surface area contributed by atoms with E-state index in [9.17, 15) is 14.4 Å². The Morgan fingerprint density at radius 1 is 0.415 bits per heavy atom. The summed E-state index contributed by atoms with van der Waals surface area (Å²) in [6.07, 6.45) is 11.6. The van der Waals surface area contributed by atoms with Crippen LogP contribution in [0.25, 0.3) is 11.3 Å². The minimum absolute atomic E-state index is 0.0404. The number of amides is 2. The Bertz CT molecular complexity index is 3030. The van der Waals surface area contributed by atoms with Gasteiger partial charge in [-0.25, -0.2) is 4.79 Å². The van der Waals surface area contributed by atoms with E-state index in [4.69, 9.17) is 85.9 Å². The molecule has 1 aromatic heterocycles. The molecule has 3 N–H and O–H groups in total. The third-order valence-corrected chi connectivity index (χ3v) is 16.8. The highest BCUT2D eigenvalue weighted by Gasteiger charge is 2.23. The van der Waals surface area contributed by atoms with Gasteiger partial charge in [0.25, 0.3) is 11.8 Å². The number of ether oxygens (including phenoxy) is 16. The van der Waals surface area contributed by atoms with Crippen molar-refractivity contribution in [1.82, 2.24) is 10.3 Å². The van der Waals surface area contributed by atoms with Gasteiger partial charge in [0.05, 0.1) is 182 Å². The molecule has 6 rings (SSSR count). The number of benzene rings is 4. The fraction of sp³-hybridized carbons (Fsp3) is 0.610. The van der Waals surface area contributed by atoms with Gasteiger partial charge >= 0.3 is 5.97 Å². The molecule has 0 spiro atoms. The Morgan fingerprint density at radius 2 is 0.811 bits per heavy atom. The normalized spacial score (nSPS) is 12.6. The molecule has 0 fully saturated rings. The van der Waals surface area contributed by atoms with Gasteiger partial charge in [-0.05, 0) is 175 Å². The molecule has 0 saturated carbocycles. The standard InChI is InChI=1S/C54H76N4O10.C28H48O10/c1-4-58(5-2)47-21-22-51(49(42-47)52-41-46(23-24-55-52)54(60)56-50-20-12-17-44-16-7-8-19-48(44)50)57-53(59)45-18-11-14-43(40-45)15-13-27-64-32-35-68-39-38-67-34-31-63-26-10-9-25-62-30-33-66-37-36-65-29-28-61-6-3;1-2-31-13-14-35-21-22-36-18-15-32-10-3-4-11-33-16-19-37-23-24-38-20-17-34-12-6-8-26-7-5-9-27(25-26)28(29)30/h7-8,11,14,16,18-19,21-24,40-42,50H,4-6,9-10,12-13,15,17,20,25-39H2,1-3H3,(H,56,60)(H,57,59);5,7,9,25H,2-4,6,8,10-24H2,1H3,(H,29,30). The third-order valence-electron chi connectivity index (χ3n) is 16.8. The lowest BCUT2D eigenvalue weighted by molar-refractivity contribution is -0.00561. The van der Waals surface area contributed by atoms with E-state index in [2.05, 4.69) is 47.6 Å². The van der Waals surface area contributed by atoms with Gasteiger partial charge in [0.2, 0.25) is 0 Å². The molecule has 5 aromatic rings. The summed E-state index contributed by atoms with van der Waals surface area (Å²) in [5.74, 6) is -1.27. The second-order valence-electron chi connectivity index (χ2n) is 24.7. The highest BCUT2D eigenvalue weighted by atomic mass is 16.6. The maximum absolute atomic E-state index is 13.8. The molecule has 1 heterocycles. The van der Waals surface area contributed by atoms with E-state index in [1.54, 1.807) is 30.5 Å². The highest BCUT2D eigenvalue weighted by molar-refractivity contribution is 6.06. The molecule has 0 radical (unpaired) electrons. The molecule has 1 unspecified atom stereocenters. The van der Waals surface area contributed by atoms with E-state index in [1.165, 1.54) is 11.1 Å². The number of hydrogen-bond acceptors (Lipinski definition) is 21. The number of aromatic nitrogens is 1. The molecular formula is C82H124N4O20. The molecule has 1 aliphatic carbocycles. The number of aromatic carboxylic acids is 1. The first-order valence-electron chi connectivity index (χ1n) is 38.4. The van der Waals surface area contributed by atoms with Gasteiger partial charge < -0.3 is 96.4 Å². The summed E-state index contributed by atoms with van der Waals surface area (Å²) in [4.78, 5) is 45.4. The van der Waals surface area contributed by atoms with Gasteiger partial charge in [-0.15, -0.1) is 0 Å². The van der Waals surface area contributed by atoms with Crippen LogP contribution in [0.3, 0.4) is 0 Å². The van der Waals surface area contributed by atoms with E-state index in [-0.39, 0.29) is 17.9 Å². The van der Waals surface area contributed by atoms with Crippen LogP contribution in [0.2, 0.25) is 0 Å². The molecule has 24 nitrogen and oxygen atoms in total. The van der Waals surface area contributed by atoms with Crippen molar-refractivity contribution in [3.05, 3.63) is 148 Å². The highest BCUT2D eigenvalue weighted by Crippen LogP contribution is 2.34. The maximum atomic E-state index is 13.8. The third kappa shape index (κ3) is 41.8. The Kier molecular flexibility index (Phi) is 52.3. The van der Waals surface area contributed by atoms with Gasteiger partial charge in [0.1, 0.15) is 0 Å². The van der Waals surface area contributed by atoms with Crippen LogP contribution in [-0.2, 0) is 95.1 Å². The lowest BCUT2D eigenvalue weighted by Crippen LogP contribution is -2.31. The number of carboxylic acid groups (broad SMARTS) is 1. The predicted molar refractivity (Wildman–Crippen MR) is 410 cm³/mol. The van der Waals surface area contributed by atoms with Gasteiger partial charge in [-0.2, -0.15) is 0 Å². The van der Waals surface area contributed by atoms with Crippen LogP contribution in [0, 0.1) is 0 Å². The van der Waals surface area contributed by atoms with Gasteiger partial charge in [-0.3, -0.25) is 14.6 Å². The van der Waals surface area contributed by atoms with Crippen LogP contribution in [0.5, 0.6) is 0 Å². The number of nitrogens with zero attached hydrogens (tertiary/aromatic N) is 2. The van der Waals surface area contributed by atoms with Crippen molar-refractivity contribution in [1.29, 1.82) is 0 Å². The monoisotopic (exact) mass is 1480 g/mol. The summed E-state index contributed by atoms with van der Waals surface area (Å²) >= 11 is 0. The van der Waals surface area contributed by atoms with Crippen molar-refractivity contribution in [2.45, 2.75) is 104 Å². The first-order valence-corrected chi connectivity index (χ1v) is 38.4. The van der Waals surface area contributed by atoms with Crippen LogP contribution in [-0.4, -0.2) is 252 Å². The molecular weight excluding hydrogens is 1360 g/mol. The van der Waals surface area contributed by atoms with Crippen molar-refractivity contribution in [2.24, 2.45) is 0 Å². The molecule has 1 aliphatic rings.